The number of rotatable bonds is 40. The monoisotopic (exact) mass is 817 g/mol. The number of hydrogen-bond acceptors (Lipinski definition) is 6. The van der Waals surface area contributed by atoms with E-state index in [2.05, 4.69) is 124 Å². The third kappa shape index (κ3) is 45.0. The van der Waals surface area contributed by atoms with Crippen LogP contribution < -0.4 is 0 Å². The van der Waals surface area contributed by atoms with Crippen LogP contribution in [0.25, 0.3) is 0 Å². The predicted octanol–water partition coefficient (Wildman–Crippen LogP) is 15.2. The molecule has 0 aromatic heterocycles. The van der Waals surface area contributed by atoms with E-state index in [1.165, 1.54) is 44.9 Å². The molecular formula is C53H84O6. The predicted molar refractivity (Wildman–Crippen MR) is 251 cm³/mol. The number of carbonyl (C=O) groups excluding carboxylic acids is 3. The van der Waals surface area contributed by atoms with Gasteiger partial charge in [0.25, 0.3) is 0 Å². The van der Waals surface area contributed by atoms with Crippen molar-refractivity contribution in [2.75, 3.05) is 13.2 Å². The van der Waals surface area contributed by atoms with Gasteiger partial charge in [-0.05, 0) is 96.3 Å². The quantitative estimate of drug-likeness (QED) is 0.0201. The fourth-order valence-electron chi connectivity index (χ4n) is 5.83. The summed E-state index contributed by atoms with van der Waals surface area (Å²) in [4.78, 5) is 37.7. The van der Waals surface area contributed by atoms with Crippen LogP contribution in [0.1, 0.15) is 188 Å². The van der Waals surface area contributed by atoms with Crippen LogP contribution in [-0.2, 0) is 28.6 Å². The van der Waals surface area contributed by atoms with Crippen LogP contribution in [0.15, 0.2) is 109 Å². The molecule has 0 N–H and O–H groups in total. The molecule has 1 unspecified atom stereocenters. The van der Waals surface area contributed by atoms with Gasteiger partial charge in [-0.1, -0.05) is 182 Å². The Morgan fingerprint density at radius 3 is 1.27 bits per heavy atom. The van der Waals surface area contributed by atoms with Crippen molar-refractivity contribution in [1.82, 2.24) is 0 Å². The first-order valence-electron chi connectivity index (χ1n) is 23.4. The molecule has 0 aliphatic carbocycles. The molecule has 6 heteroatoms. The van der Waals surface area contributed by atoms with E-state index in [-0.39, 0.29) is 50.4 Å². The van der Waals surface area contributed by atoms with Gasteiger partial charge in [0.2, 0.25) is 0 Å². The standard InChI is InChI=1S/C53H84O6/c1-4-7-10-13-16-19-22-24-25-26-27-29-31-34-37-40-43-46-52(55)58-49-50(48-57-51(54)45-42-39-36-33-30-21-18-15-12-9-6-3)59-53(56)47-44-41-38-35-32-28-23-20-17-14-11-8-5-2/h8-9,11-12,14,17-18,20-21,23-25,27,29,33-34,36-37,50H,4-7,10,13,15-16,19,22,26,28,30-32,35,38-49H2,1-3H3/b11-8-,12-9-,17-14-,21-18-,23-20-,25-24-,29-27-,36-33-,37-34-. The van der Waals surface area contributed by atoms with E-state index in [1.54, 1.807) is 0 Å². The van der Waals surface area contributed by atoms with Gasteiger partial charge in [0.1, 0.15) is 13.2 Å². The second-order valence-electron chi connectivity index (χ2n) is 15.0. The molecular weight excluding hydrogens is 733 g/mol. The third-order valence-corrected chi connectivity index (χ3v) is 9.30. The molecule has 0 aliphatic rings. The minimum Gasteiger partial charge on any atom is -0.462 e. The highest BCUT2D eigenvalue weighted by atomic mass is 16.6. The lowest BCUT2D eigenvalue weighted by atomic mass is 10.1. The summed E-state index contributed by atoms with van der Waals surface area (Å²) >= 11 is 0. The van der Waals surface area contributed by atoms with Gasteiger partial charge >= 0.3 is 17.9 Å². The minimum absolute atomic E-state index is 0.131. The van der Waals surface area contributed by atoms with Crippen molar-refractivity contribution in [2.45, 2.75) is 194 Å². The highest BCUT2D eigenvalue weighted by Crippen LogP contribution is 2.11. The van der Waals surface area contributed by atoms with Gasteiger partial charge in [-0.25, -0.2) is 0 Å². The van der Waals surface area contributed by atoms with Gasteiger partial charge in [-0.3, -0.25) is 14.4 Å². The van der Waals surface area contributed by atoms with E-state index in [1.807, 2.05) is 6.08 Å². The number of allylic oxidation sites excluding steroid dienone is 18. The zero-order chi connectivity index (χ0) is 43.0. The Balaban J connectivity index is 4.55. The molecule has 0 fully saturated rings. The molecule has 0 aliphatic heterocycles. The molecule has 0 aromatic rings. The van der Waals surface area contributed by atoms with Crippen LogP contribution in [0.3, 0.4) is 0 Å². The Labute approximate surface area is 361 Å². The van der Waals surface area contributed by atoms with Crippen LogP contribution in [0.2, 0.25) is 0 Å². The molecule has 0 bridgehead atoms. The second kappa shape index (κ2) is 46.8. The zero-order valence-corrected chi connectivity index (χ0v) is 37.7. The summed E-state index contributed by atoms with van der Waals surface area (Å²) in [6.07, 6.45) is 62.3. The van der Waals surface area contributed by atoms with E-state index in [0.717, 1.165) is 89.9 Å². The van der Waals surface area contributed by atoms with Crippen molar-refractivity contribution in [3.05, 3.63) is 109 Å². The van der Waals surface area contributed by atoms with Gasteiger partial charge in [-0.15, -0.1) is 0 Å². The van der Waals surface area contributed by atoms with E-state index in [9.17, 15) is 14.4 Å². The molecule has 0 radical (unpaired) electrons. The summed E-state index contributed by atoms with van der Waals surface area (Å²) < 4.78 is 16.6. The second-order valence-corrected chi connectivity index (χ2v) is 15.0. The summed E-state index contributed by atoms with van der Waals surface area (Å²) in [7, 11) is 0. The smallest absolute Gasteiger partial charge is 0.306 e. The van der Waals surface area contributed by atoms with E-state index < -0.39 is 6.10 Å². The first kappa shape index (κ1) is 55.1. The Morgan fingerprint density at radius 1 is 0.373 bits per heavy atom. The summed E-state index contributed by atoms with van der Waals surface area (Å²) in [6, 6.07) is 0. The molecule has 0 spiro atoms. The first-order chi connectivity index (χ1) is 29.0. The van der Waals surface area contributed by atoms with Gasteiger partial charge in [0.05, 0.1) is 0 Å². The summed E-state index contributed by atoms with van der Waals surface area (Å²) in [5.74, 6) is -1.07. The number of esters is 3. The molecule has 59 heavy (non-hydrogen) atoms. The van der Waals surface area contributed by atoms with Gasteiger partial charge in [0, 0.05) is 19.3 Å². The van der Waals surface area contributed by atoms with Crippen LogP contribution >= 0.6 is 0 Å². The Morgan fingerprint density at radius 2 is 0.763 bits per heavy atom. The average molecular weight is 817 g/mol. The molecule has 0 saturated carbocycles. The molecule has 0 amide bonds. The average Bonchev–Trinajstić information content (AvgIpc) is 3.23. The zero-order valence-electron chi connectivity index (χ0n) is 37.7. The summed E-state index contributed by atoms with van der Waals surface area (Å²) in [6.45, 7) is 6.24. The maximum Gasteiger partial charge on any atom is 0.306 e. The van der Waals surface area contributed by atoms with Gasteiger partial charge in [0.15, 0.2) is 6.10 Å². The van der Waals surface area contributed by atoms with Crippen molar-refractivity contribution in [3.63, 3.8) is 0 Å². The largest absolute Gasteiger partial charge is 0.462 e. The van der Waals surface area contributed by atoms with Crippen molar-refractivity contribution in [3.8, 4) is 0 Å². The summed E-state index contributed by atoms with van der Waals surface area (Å²) in [5.41, 5.74) is 0. The molecule has 1 atom stereocenters. The highest BCUT2D eigenvalue weighted by molar-refractivity contribution is 5.71. The lowest BCUT2D eigenvalue weighted by molar-refractivity contribution is -0.167. The number of hydrogen-bond donors (Lipinski definition) is 0. The van der Waals surface area contributed by atoms with Crippen LogP contribution in [0.5, 0.6) is 0 Å². The molecule has 332 valence electrons. The normalized spacial score (nSPS) is 13.1. The Kier molecular flexibility index (Phi) is 43.6. The summed E-state index contributed by atoms with van der Waals surface area (Å²) in [5, 5.41) is 0. The third-order valence-electron chi connectivity index (χ3n) is 9.30. The molecule has 0 heterocycles. The SMILES string of the molecule is CC\C=C/C=C\C=C/CCCCCCCC(=O)OC(COC(=O)CCC/C=C\C/C=C\C/C=C\CC)COC(=O)CCC/C=C\C/C=C\C/C=C\CCCCCCCC. The number of carbonyl (C=O) groups is 3. The maximum atomic E-state index is 12.7. The molecule has 6 nitrogen and oxygen atoms in total. The maximum absolute atomic E-state index is 12.7. The van der Waals surface area contributed by atoms with Crippen molar-refractivity contribution in [1.29, 1.82) is 0 Å². The van der Waals surface area contributed by atoms with Gasteiger partial charge < -0.3 is 14.2 Å². The van der Waals surface area contributed by atoms with Crippen molar-refractivity contribution in [2.24, 2.45) is 0 Å². The van der Waals surface area contributed by atoms with Crippen molar-refractivity contribution < 1.29 is 28.6 Å². The van der Waals surface area contributed by atoms with E-state index in [4.69, 9.17) is 14.2 Å². The first-order valence-corrected chi connectivity index (χ1v) is 23.4. The fourth-order valence-corrected chi connectivity index (χ4v) is 5.83. The highest BCUT2D eigenvalue weighted by Gasteiger charge is 2.19. The lowest BCUT2D eigenvalue weighted by Crippen LogP contribution is -2.30. The fraction of sp³-hybridized carbons (Fsp3) is 0.604. The van der Waals surface area contributed by atoms with Crippen LogP contribution in [0.4, 0.5) is 0 Å². The van der Waals surface area contributed by atoms with Crippen molar-refractivity contribution >= 4 is 17.9 Å². The molecule has 0 rings (SSSR count). The van der Waals surface area contributed by atoms with Crippen LogP contribution in [0, 0.1) is 0 Å². The topological polar surface area (TPSA) is 78.9 Å². The molecule has 0 aromatic carbocycles. The number of unbranched alkanes of at least 4 members (excludes halogenated alkanes) is 13. The number of ether oxygens (including phenoxy) is 3. The van der Waals surface area contributed by atoms with Gasteiger partial charge in [-0.2, -0.15) is 0 Å². The minimum atomic E-state index is -0.829. The molecule has 0 saturated heterocycles. The van der Waals surface area contributed by atoms with E-state index >= 15 is 0 Å². The Hall–Kier alpha value is -3.93. The Bertz CT molecular complexity index is 1260. The van der Waals surface area contributed by atoms with E-state index in [0.29, 0.717) is 12.8 Å². The van der Waals surface area contributed by atoms with Crippen LogP contribution in [-0.4, -0.2) is 37.2 Å². The lowest BCUT2D eigenvalue weighted by Gasteiger charge is -2.18.